The van der Waals surface area contributed by atoms with Crippen molar-refractivity contribution in [3.8, 4) is 0 Å². The summed E-state index contributed by atoms with van der Waals surface area (Å²) >= 11 is 1.64. The second-order valence-corrected chi connectivity index (χ2v) is 4.20. The second kappa shape index (κ2) is 5.54. The third-order valence-electron chi connectivity index (χ3n) is 2.17. The van der Waals surface area contributed by atoms with Gasteiger partial charge >= 0.3 is 5.97 Å². The molecule has 0 aromatic carbocycles. The zero-order valence-corrected chi connectivity index (χ0v) is 10.2. The van der Waals surface area contributed by atoms with Crippen LogP contribution in [0.3, 0.4) is 0 Å². The van der Waals surface area contributed by atoms with Crippen LogP contribution in [0.4, 0.5) is 0 Å². The number of carbonyl (C=O) groups excluding carboxylic acids is 1. The summed E-state index contributed by atoms with van der Waals surface area (Å²) in [5.41, 5.74) is 2.32. The molecule has 2 aromatic rings. The summed E-state index contributed by atoms with van der Waals surface area (Å²) in [6.45, 7) is 2.12. The highest BCUT2D eigenvalue weighted by Gasteiger charge is 2.09. The van der Waals surface area contributed by atoms with Gasteiger partial charge in [-0.2, -0.15) is 11.3 Å². The molecule has 0 spiro atoms. The van der Waals surface area contributed by atoms with Crippen LogP contribution in [0.15, 0.2) is 29.2 Å². The van der Waals surface area contributed by atoms with E-state index in [0.717, 1.165) is 5.69 Å². The van der Waals surface area contributed by atoms with E-state index in [-0.39, 0.29) is 0 Å². The van der Waals surface area contributed by atoms with Gasteiger partial charge in [-0.1, -0.05) is 0 Å². The molecule has 0 saturated carbocycles. The van der Waals surface area contributed by atoms with Gasteiger partial charge in [0.05, 0.1) is 6.61 Å². The Morgan fingerprint density at radius 1 is 1.47 bits per heavy atom. The van der Waals surface area contributed by atoms with Crippen molar-refractivity contribution in [3.05, 3.63) is 46.2 Å². The van der Waals surface area contributed by atoms with Crippen molar-refractivity contribution < 1.29 is 9.53 Å². The van der Waals surface area contributed by atoms with Gasteiger partial charge in [0, 0.05) is 12.1 Å². The molecule has 0 unspecified atom stereocenters. The highest BCUT2D eigenvalue weighted by molar-refractivity contribution is 7.07. The Hall–Kier alpha value is -1.75. The van der Waals surface area contributed by atoms with Crippen molar-refractivity contribution in [1.82, 2.24) is 9.97 Å². The van der Waals surface area contributed by atoms with Crippen LogP contribution in [0.25, 0.3) is 0 Å². The monoisotopic (exact) mass is 248 g/mol. The number of carbonyl (C=O) groups is 1. The Morgan fingerprint density at radius 2 is 2.35 bits per heavy atom. The summed E-state index contributed by atoms with van der Waals surface area (Å²) in [4.78, 5) is 19.5. The number of esters is 1. The van der Waals surface area contributed by atoms with Crippen LogP contribution in [0.5, 0.6) is 0 Å². The van der Waals surface area contributed by atoms with E-state index in [2.05, 4.69) is 15.3 Å². The van der Waals surface area contributed by atoms with Crippen LogP contribution < -0.4 is 0 Å². The van der Waals surface area contributed by atoms with E-state index in [0.29, 0.717) is 18.7 Å². The predicted octanol–water partition coefficient (Wildman–Crippen LogP) is 2.31. The maximum absolute atomic E-state index is 11.5. The summed E-state index contributed by atoms with van der Waals surface area (Å²) in [5, 5.41) is 4.08. The molecule has 0 fully saturated rings. The highest BCUT2D eigenvalue weighted by Crippen LogP contribution is 2.11. The van der Waals surface area contributed by atoms with E-state index in [1.807, 2.05) is 11.4 Å². The fraction of sp³-hybridized carbons (Fsp3) is 0.250. The number of ether oxygens (including phenoxy) is 1. The molecule has 0 radical (unpaired) electrons. The molecule has 0 bridgehead atoms. The Morgan fingerprint density at radius 3 is 3.06 bits per heavy atom. The molecule has 0 amide bonds. The summed E-state index contributed by atoms with van der Waals surface area (Å²) in [5.74, 6) is -0.401. The molecule has 5 heteroatoms. The lowest BCUT2D eigenvalue weighted by atomic mass is 10.2. The first-order valence-corrected chi connectivity index (χ1v) is 6.23. The van der Waals surface area contributed by atoms with Crippen LogP contribution in [-0.2, 0) is 11.2 Å². The zero-order chi connectivity index (χ0) is 12.1. The van der Waals surface area contributed by atoms with Gasteiger partial charge in [0.15, 0.2) is 5.69 Å². The molecule has 0 saturated heterocycles. The Labute approximate surface area is 103 Å². The zero-order valence-electron chi connectivity index (χ0n) is 9.42. The lowest BCUT2D eigenvalue weighted by Gasteiger charge is -2.02. The average Bonchev–Trinajstić information content (AvgIpc) is 2.82. The Balaban J connectivity index is 2.14. The van der Waals surface area contributed by atoms with Gasteiger partial charge in [-0.15, -0.1) is 0 Å². The summed E-state index contributed by atoms with van der Waals surface area (Å²) in [6, 6.07) is 3.71. The van der Waals surface area contributed by atoms with Crippen molar-refractivity contribution in [2.24, 2.45) is 0 Å². The molecule has 88 valence electrons. The molecular formula is C12H12N2O2S. The minimum Gasteiger partial charge on any atom is -0.461 e. The van der Waals surface area contributed by atoms with E-state index >= 15 is 0 Å². The van der Waals surface area contributed by atoms with Crippen LogP contribution in [0, 0.1) is 0 Å². The van der Waals surface area contributed by atoms with Crippen molar-refractivity contribution in [1.29, 1.82) is 0 Å². The topological polar surface area (TPSA) is 52.1 Å². The number of aromatic nitrogens is 2. The van der Waals surface area contributed by atoms with Gasteiger partial charge in [0.1, 0.15) is 6.33 Å². The predicted molar refractivity (Wildman–Crippen MR) is 65.1 cm³/mol. The summed E-state index contributed by atoms with van der Waals surface area (Å²) in [6.07, 6.45) is 2.10. The maximum Gasteiger partial charge on any atom is 0.357 e. The van der Waals surface area contributed by atoms with E-state index in [1.165, 1.54) is 11.9 Å². The van der Waals surface area contributed by atoms with Gasteiger partial charge in [0.2, 0.25) is 0 Å². The summed E-state index contributed by atoms with van der Waals surface area (Å²) < 4.78 is 4.89. The lowest BCUT2D eigenvalue weighted by molar-refractivity contribution is 0.0519. The molecule has 0 aliphatic carbocycles. The van der Waals surface area contributed by atoms with Gasteiger partial charge in [-0.3, -0.25) is 0 Å². The molecular weight excluding hydrogens is 236 g/mol. The number of nitrogens with zero attached hydrogens (tertiary/aromatic N) is 2. The fourth-order valence-corrected chi connectivity index (χ4v) is 2.08. The third kappa shape index (κ3) is 3.10. The Bertz CT molecular complexity index is 497. The van der Waals surface area contributed by atoms with Crippen LogP contribution in [0.2, 0.25) is 0 Å². The molecule has 2 rings (SSSR count). The van der Waals surface area contributed by atoms with Gasteiger partial charge in [-0.25, -0.2) is 14.8 Å². The largest absolute Gasteiger partial charge is 0.461 e. The molecule has 4 nitrogen and oxygen atoms in total. The Kier molecular flexibility index (Phi) is 3.82. The van der Waals surface area contributed by atoms with Crippen LogP contribution in [0.1, 0.15) is 28.7 Å². The van der Waals surface area contributed by atoms with Crippen molar-refractivity contribution in [3.63, 3.8) is 0 Å². The fourth-order valence-electron chi connectivity index (χ4n) is 1.41. The normalized spacial score (nSPS) is 10.2. The standard InChI is InChI=1S/C12H12N2O2S/c1-2-16-12(15)11-6-10(13-8-14-11)5-9-3-4-17-7-9/h3-4,6-8H,2,5H2,1H3. The molecule has 2 heterocycles. The highest BCUT2D eigenvalue weighted by atomic mass is 32.1. The van der Waals surface area contributed by atoms with Crippen LogP contribution in [-0.4, -0.2) is 22.5 Å². The van der Waals surface area contributed by atoms with Gasteiger partial charge in [0.25, 0.3) is 0 Å². The maximum atomic E-state index is 11.5. The SMILES string of the molecule is CCOC(=O)c1cc(Cc2ccsc2)ncn1. The smallest absolute Gasteiger partial charge is 0.357 e. The molecule has 0 aliphatic heterocycles. The van der Waals surface area contributed by atoms with E-state index in [1.54, 1.807) is 24.3 Å². The lowest BCUT2D eigenvalue weighted by Crippen LogP contribution is -2.08. The molecule has 2 aromatic heterocycles. The average molecular weight is 248 g/mol. The number of thiophene rings is 1. The minimum absolute atomic E-state index is 0.312. The minimum atomic E-state index is -0.401. The van der Waals surface area contributed by atoms with Crippen molar-refractivity contribution in [2.45, 2.75) is 13.3 Å². The van der Waals surface area contributed by atoms with E-state index in [9.17, 15) is 4.79 Å². The first-order chi connectivity index (χ1) is 8.29. The van der Waals surface area contributed by atoms with Gasteiger partial charge in [-0.05, 0) is 35.4 Å². The molecule has 0 N–H and O–H groups in total. The number of hydrogen-bond acceptors (Lipinski definition) is 5. The molecule has 0 atom stereocenters. The molecule has 0 aliphatic rings. The first kappa shape index (κ1) is 11.7. The first-order valence-electron chi connectivity index (χ1n) is 5.28. The van der Waals surface area contributed by atoms with Crippen molar-refractivity contribution in [2.75, 3.05) is 6.61 Å². The summed E-state index contributed by atoms with van der Waals surface area (Å²) in [7, 11) is 0. The van der Waals surface area contributed by atoms with Crippen LogP contribution >= 0.6 is 11.3 Å². The van der Waals surface area contributed by atoms with Gasteiger partial charge < -0.3 is 4.74 Å². The van der Waals surface area contributed by atoms with E-state index in [4.69, 9.17) is 4.74 Å². The quantitative estimate of drug-likeness (QED) is 0.779. The number of hydrogen-bond donors (Lipinski definition) is 0. The third-order valence-corrected chi connectivity index (χ3v) is 2.91. The number of rotatable bonds is 4. The molecule has 17 heavy (non-hydrogen) atoms. The second-order valence-electron chi connectivity index (χ2n) is 3.42. The van der Waals surface area contributed by atoms with Crippen molar-refractivity contribution >= 4 is 17.3 Å². The van der Waals surface area contributed by atoms with E-state index < -0.39 is 5.97 Å².